The number of carbonyl (C=O) groups is 2. The predicted octanol–water partition coefficient (Wildman–Crippen LogP) is 0.526. The van der Waals surface area contributed by atoms with E-state index >= 15 is 0 Å². The standard InChI is InChI=1S/C11H22N2O3S/c1-3-13-10(14)6-8-17-7-5-9(12)11(15)16-4-2/h9H,3-8,12H2,1-2H3,(H,13,14). The van der Waals surface area contributed by atoms with Crippen molar-refractivity contribution in [3.8, 4) is 0 Å². The molecule has 0 aliphatic heterocycles. The van der Waals surface area contributed by atoms with Gasteiger partial charge in [-0.25, -0.2) is 0 Å². The predicted molar refractivity (Wildman–Crippen MR) is 69.9 cm³/mol. The van der Waals surface area contributed by atoms with Crippen LogP contribution in [0.5, 0.6) is 0 Å². The molecule has 0 heterocycles. The van der Waals surface area contributed by atoms with E-state index in [0.29, 0.717) is 26.0 Å². The van der Waals surface area contributed by atoms with Crippen LogP contribution in [-0.4, -0.2) is 42.6 Å². The Hall–Kier alpha value is -0.750. The lowest BCUT2D eigenvalue weighted by Gasteiger charge is -2.09. The summed E-state index contributed by atoms with van der Waals surface area (Å²) in [5, 5.41) is 2.73. The number of carbonyl (C=O) groups excluding carboxylic acids is 2. The second-order valence-electron chi connectivity index (χ2n) is 3.46. The molecule has 17 heavy (non-hydrogen) atoms. The lowest BCUT2D eigenvalue weighted by atomic mass is 10.2. The Labute approximate surface area is 107 Å². The first-order valence-corrected chi connectivity index (χ1v) is 7.03. The summed E-state index contributed by atoms with van der Waals surface area (Å²) in [6.45, 7) is 4.67. The number of nitrogens with two attached hydrogens (primary N) is 1. The molecule has 0 aromatic carbocycles. The summed E-state index contributed by atoms with van der Waals surface area (Å²) in [5.74, 6) is 1.23. The summed E-state index contributed by atoms with van der Waals surface area (Å²) in [7, 11) is 0. The first-order chi connectivity index (χ1) is 8.11. The number of ether oxygens (including phenoxy) is 1. The zero-order valence-corrected chi connectivity index (χ0v) is 11.3. The van der Waals surface area contributed by atoms with Gasteiger partial charge in [0.25, 0.3) is 0 Å². The highest BCUT2D eigenvalue weighted by Gasteiger charge is 2.13. The number of rotatable bonds is 9. The van der Waals surface area contributed by atoms with Gasteiger partial charge in [0.1, 0.15) is 6.04 Å². The highest BCUT2D eigenvalue weighted by atomic mass is 32.2. The van der Waals surface area contributed by atoms with Crippen LogP contribution >= 0.6 is 11.8 Å². The van der Waals surface area contributed by atoms with E-state index in [1.165, 1.54) is 0 Å². The molecule has 0 fully saturated rings. The molecule has 0 rings (SSSR count). The monoisotopic (exact) mass is 262 g/mol. The number of nitrogens with one attached hydrogen (secondary N) is 1. The molecule has 0 saturated carbocycles. The van der Waals surface area contributed by atoms with Crippen LogP contribution in [0.4, 0.5) is 0 Å². The molecular formula is C11H22N2O3S. The van der Waals surface area contributed by atoms with Gasteiger partial charge in [-0.05, 0) is 26.0 Å². The fourth-order valence-electron chi connectivity index (χ4n) is 1.13. The zero-order chi connectivity index (χ0) is 13.1. The average molecular weight is 262 g/mol. The van der Waals surface area contributed by atoms with Gasteiger partial charge in [0, 0.05) is 18.7 Å². The van der Waals surface area contributed by atoms with E-state index in [9.17, 15) is 9.59 Å². The Balaban J connectivity index is 3.45. The number of hydrogen-bond donors (Lipinski definition) is 2. The van der Waals surface area contributed by atoms with Gasteiger partial charge < -0.3 is 15.8 Å². The van der Waals surface area contributed by atoms with E-state index in [-0.39, 0.29) is 11.9 Å². The molecular weight excluding hydrogens is 240 g/mol. The van der Waals surface area contributed by atoms with Gasteiger partial charge in [-0.1, -0.05) is 0 Å². The van der Waals surface area contributed by atoms with Crippen LogP contribution < -0.4 is 11.1 Å². The summed E-state index contributed by atoms with van der Waals surface area (Å²) in [6.07, 6.45) is 1.09. The normalized spacial score (nSPS) is 11.9. The van der Waals surface area contributed by atoms with E-state index in [4.69, 9.17) is 10.5 Å². The Kier molecular flexibility index (Phi) is 9.95. The molecule has 1 unspecified atom stereocenters. The van der Waals surface area contributed by atoms with E-state index < -0.39 is 6.04 Å². The lowest BCUT2D eigenvalue weighted by Crippen LogP contribution is -2.32. The van der Waals surface area contributed by atoms with E-state index in [1.807, 2.05) is 6.92 Å². The highest BCUT2D eigenvalue weighted by Crippen LogP contribution is 2.06. The molecule has 0 spiro atoms. The number of hydrogen-bond acceptors (Lipinski definition) is 5. The Morgan fingerprint density at radius 1 is 1.35 bits per heavy atom. The van der Waals surface area contributed by atoms with Gasteiger partial charge in [0.05, 0.1) is 6.61 Å². The fourth-order valence-corrected chi connectivity index (χ4v) is 2.08. The number of amides is 1. The third kappa shape index (κ3) is 9.00. The van der Waals surface area contributed by atoms with Crippen molar-refractivity contribution < 1.29 is 14.3 Å². The van der Waals surface area contributed by atoms with Gasteiger partial charge in [-0.3, -0.25) is 9.59 Å². The van der Waals surface area contributed by atoms with Crippen molar-refractivity contribution in [3.63, 3.8) is 0 Å². The second kappa shape index (κ2) is 10.4. The summed E-state index contributed by atoms with van der Waals surface area (Å²) < 4.78 is 4.79. The van der Waals surface area contributed by atoms with Crippen molar-refractivity contribution >= 4 is 23.6 Å². The maximum absolute atomic E-state index is 11.2. The molecule has 0 aromatic rings. The molecule has 0 aromatic heterocycles. The van der Waals surface area contributed by atoms with Crippen LogP contribution in [0.3, 0.4) is 0 Å². The summed E-state index contributed by atoms with van der Waals surface area (Å²) in [4.78, 5) is 22.3. The van der Waals surface area contributed by atoms with Gasteiger partial charge in [-0.2, -0.15) is 11.8 Å². The maximum atomic E-state index is 11.2. The number of esters is 1. The van der Waals surface area contributed by atoms with Crippen molar-refractivity contribution in [3.05, 3.63) is 0 Å². The van der Waals surface area contributed by atoms with Crippen LogP contribution in [0.25, 0.3) is 0 Å². The molecule has 0 radical (unpaired) electrons. The fraction of sp³-hybridized carbons (Fsp3) is 0.818. The van der Waals surface area contributed by atoms with Crippen molar-refractivity contribution in [2.45, 2.75) is 32.7 Å². The quantitative estimate of drug-likeness (QED) is 0.468. The van der Waals surface area contributed by atoms with E-state index in [1.54, 1.807) is 18.7 Å². The van der Waals surface area contributed by atoms with Crippen molar-refractivity contribution in [1.29, 1.82) is 0 Å². The Bertz CT molecular complexity index is 237. The molecule has 0 aliphatic rings. The second-order valence-corrected chi connectivity index (χ2v) is 4.69. The van der Waals surface area contributed by atoms with Gasteiger partial charge in [0.2, 0.25) is 5.91 Å². The first-order valence-electron chi connectivity index (χ1n) is 5.88. The first kappa shape index (κ1) is 16.2. The topological polar surface area (TPSA) is 81.4 Å². The molecule has 1 atom stereocenters. The molecule has 100 valence electrons. The SMILES string of the molecule is CCNC(=O)CCSCCC(N)C(=O)OCC. The minimum atomic E-state index is -0.549. The molecule has 0 bridgehead atoms. The van der Waals surface area contributed by atoms with Crippen molar-refractivity contribution in [2.24, 2.45) is 5.73 Å². The summed E-state index contributed by atoms with van der Waals surface area (Å²) >= 11 is 1.62. The van der Waals surface area contributed by atoms with Crippen LogP contribution in [0.15, 0.2) is 0 Å². The molecule has 0 aliphatic carbocycles. The molecule has 6 heteroatoms. The van der Waals surface area contributed by atoms with Gasteiger partial charge in [-0.15, -0.1) is 0 Å². The summed E-state index contributed by atoms with van der Waals surface area (Å²) in [6, 6.07) is -0.549. The van der Waals surface area contributed by atoms with Crippen LogP contribution in [0.1, 0.15) is 26.7 Å². The third-order valence-electron chi connectivity index (χ3n) is 2.01. The minimum Gasteiger partial charge on any atom is -0.465 e. The maximum Gasteiger partial charge on any atom is 0.322 e. The molecule has 3 N–H and O–H groups in total. The van der Waals surface area contributed by atoms with Gasteiger partial charge >= 0.3 is 5.97 Å². The smallest absolute Gasteiger partial charge is 0.322 e. The Morgan fingerprint density at radius 2 is 2.06 bits per heavy atom. The molecule has 0 saturated heterocycles. The summed E-state index contributed by atoms with van der Waals surface area (Å²) in [5.41, 5.74) is 5.63. The van der Waals surface area contributed by atoms with E-state index in [0.717, 1.165) is 11.5 Å². The van der Waals surface area contributed by atoms with E-state index in [2.05, 4.69) is 5.32 Å². The largest absolute Gasteiger partial charge is 0.465 e. The van der Waals surface area contributed by atoms with Crippen LogP contribution in [-0.2, 0) is 14.3 Å². The highest BCUT2D eigenvalue weighted by molar-refractivity contribution is 7.99. The third-order valence-corrected chi connectivity index (χ3v) is 3.03. The Morgan fingerprint density at radius 3 is 2.65 bits per heavy atom. The van der Waals surface area contributed by atoms with Crippen LogP contribution in [0, 0.1) is 0 Å². The molecule has 1 amide bonds. The minimum absolute atomic E-state index is 0.0645. The average Bonchev–Trinajstić information content (AvgIpc) is 2.29. The van der Waals surface area contributed by atoms with Crippen molar-refractivity contribution in [1.82, 2.24) is 5.32 Å². The van der Waals surface area contributed by atoms with Gasteiger partial charge in [0.15, 0.2) is 0 Å². The van der Waals surface area contributed by atoms with Crippen molar-refractivity contribution in [2.75, 3.05) is 24.7 Å². The number of thioether (sulfide) groups is 1. The lowest BCUT2D eigenvalue weighted by molar-refractivity contribution is -0.144. The van der Waals surface area contributed by atoms with Crippen LogP contribution in [0.2, 0.25) is 0 Å². The zero-order valence-electron chi connectivity index (χ0n) is 10.5. The molecule has 5 nitrogen and oxygen atoms in total.